The van der Waals surface area contributed by atoms with E-state index in [4.69, 9.17) is 9.47 Å². The highest BCUT2D eigenvalue weighted by atomic mass is 16.5. The van der Waals surface area contributed by atoms with Gasteiger partial charge in [-0.05, 0) is 93.9 Å². The van der Waals surface area contributed by atoms with Crippen molar-refractivity contribution < 1.29 is 14.3 Å². The monoisotopic (exact) mass is 554 g/mol. The molecule has 1 aliphatic rings. The minimum Gasteiger partial charge on any atom is -0.492 e. The summed E-state index contributed by atoms with van der Waals surface area (Å²) in [5.41, 5.74) is 1.36. The van der Waals surface area contributed by atoms with Crippen molar-refractivity contribution in [1.82, 2.24) is 18.9 Å². The number of carbonyl (C=O) groups is 1. The predicted molar refractivity (Wildman–Crippen MR) is 160 cm³/mol. The van der Waals surface area contributed by atoms with Crippen molar-refractivity contribution in [2.45, 2.75) is 26.7 Å². The van der Waals surface area contributed by atoms with Gasteiger partial charge in [-0.25, -0.2) is 4.79 Å². The van der Waals surface area contributed by atoms with E-state index in [9.17, 15) is 9.59 Å². The van der Waals surface area contributed by atoms with Gasteiger partial charge in [0, 0.05) is 38.6 Å². The van der Waals surface area contributed by atoms with Crippen LogP contribution in [0.5, 0.6) is 17.2 Å². The first-order chi connectivity index (χ1) is 20.1. The smallest absolute Gasteiger partial charge is 0.337 e. The molecular formula is C33H38N4O4. The maximum Gasteiger partial charge on any atom is 0.337 e. The Kier molecular flexibility index (Phi) is 9.21. The molecule has 0 radical (unpaired) electrons. The van der Waals surface area contributed by atoms with Crippen LogP contribution in [-0.2, 0) is 4.79 Å². The molecule has 0 spiro atoms. The van der Waals surface area contributed by atoms with Gasteiger partial charge in [0.1, 0.15) is 23.9 Å². The summed E-state index contributed by atoms with van der Waals surface area (Å²) >= 11 is 0. The van der Waals surface area contributed by atoms with Crippen molar-refractivity contribution >= 4 is 5.91 Å². The van der Waals surface area contributed by atoms with Crippen molar-refractivity contribution in [2.24, 2.45) is 5.92 Å². The van der Waals surface area contributed by atoms with Gasteiger partial charge < -0.3 is 14.4 Å². The second-order valence-corrected chi connectivity index (χ2v) is 10.2. The normalized spacial score (nSPS) is 15.4. The van der Waals surface area contributed by atoms with Gasteiger partial charge in [-0.1, -0.05) is 18.2 Å². The predicted octanol–water partition coefficient (Wildman–Crippen LogP) is 5.38. The van der Waals surface area contributed by atoms with Crippen LogP contribution in [-0.4, -0.2) is 64.2 Å². The average molecular weight is 555 g/mol. The van der Waals surface area contributed by atoms with Crippen LogP contribution in [0.3, 0.4) is 0 Å². The van der Waals surface area contributed by atoms with E-state index in [0.717, 1.165) is 68.4 Å². The quantitative estimate of drug-likeness (QED) is 0.249. The van der Waals surface area contributed by atoms with Crippen LogP contribution in [0, 0.1) is 5.92 Å². The van der Waals surface area contributed by atoms with Crippen molar-refractivity contribution in [2.75, 3.05) is 39.3 Å². The summed E-state index contributed by atoms with van der Waals surface area (Å²) in [6.45, 7) is 8.71. The van der Waals surface area contributed by atoms with Gasteiger partial charge in [-0.3, -0.25) is 18.8 Å². The second-order valence-electron chi connectivity index (χ2n) is 10.2. The van der Waals surface area contributed by atoms with Crippen LogP contribution in [0.1, 0.15) is 26.7 Å². The lowest BCUT2D eigenvalue weighted by Crippen LogP contribution is -2.45. The van der Waals surface area contributed by atoms with Gasteiger partial charge in [0.15, 0.2) is 0 Å². The van der Waals surface area contributed by atoms with E-state index in [0.29, 0.717) is 12.4 Å². The lowest BCUT2D eigenvalue weighted by molar-refractivity contribution is -0.137. The van der Waals surface area contributed by atoms with E-state index >= 15 is 0 Å². The standard InChI is InChI=1S/C33H38N4O4/c1-3-35(4-2)32(38)26-9-8-20-34(25-26)23-24-40-29-16-12-27(13-17-29)36-21-22-37(33(36)39)28-14-18-31(19-15-28)41-30-10-6-5-7-11-30/h5-7,10-19,21-22,26H,3-4,8-9,20,23-25H2,1-2H3. The van der Waals surface area contributed by atoms with E-state index < -0.39 is 0 Å². The molecular weight excluding hydrogens is 516 g/mol. The number of likely N-dealkylation sites (tertiary alicyclic amines) is 1. The Balaban J connectivity index is 1.15. The number of amides is 1. The molecule has 0 N–H and O–H groups in total. The largest absolute Gasteiger partial charge is 0.492 e. The summed E-state index contributed by atoms with van der Waals surface area (Å²) in [4.78, 5) is 30.2. The SMILES string of the molecule is CCN(CC)C(=O)C1CCCN(CCOc2ccc(-n3ccn(-c4ccc(Oc5ccccc5)cc4)c3=O)cc2)C1. The van der Waals surface area contributed by atoms with Crippen LogP contribution < -0.4 is 15.2 Å². The Bertz CT molecular complexity index is 1460. The topological polar surface area (TPSA) is 68.9 Å². The molecule has 4 aromatic rings. The number of hydrogen-bond acceptors (Lipinski definition) is 5. The molecule has 1 fully saturated rings. The molecule has 0 saturated carbocycles. The fourth-order valence-corrected chi connectivity index (χ4v) is 5.32. The molecule has 8 heteroatoms. The number of carbonyl (C=O) groups excluding carboxylic acids is 1. The van der Waals surface area contributed by atoms with E-state index in [1.165, 1.54) is 0 Å². The Morgan fingerprint density at radius 3 is 2.02 bits per heavy atom. The first kappa shape index (κ1) is 28.2. The lowest BCUT2D eigenvalue weighted by Gasteiger charge is -2.34. The summed E-state index contributed by atoms with van der Waals surface area (Å²) in [6, 6.07) is 24.6. The summed E-state index contributed by atoms with van der Waals surface area (Å²) < 4.78 is 15.1. The van der Waals surface area contributed by atoms with Crippen molar-refractivity contribution in [3.05, 3.63) is 102 Å². The molecule has 0 aliphatic carbocycles. The highest BCUT2D eigenvalue weighted by Crippen LogP contribution is 2.23. The van der Waals surface area contributed by atoms with Crippen LogP contribution >= 0.6 is 0 Å². The Morgan fingerprint density at radius 1 is 0.829 bits per heavy atom. The van der Waals surface area contributed by atoms with E-state index in [-0.39, 0.29) is 17.5 Å². The molecule has 1 saturated heterocycles. The van der Waals surface area contributed by atoms with Crippen LogP contribution in [0.25, 0.3) is 11.4 Å². The number of aromatic nitrogens is 2. The van der Waals surface area contributed by atoms with E-state index in [1.54, 1.807) is 21.5 Å². The first-order valence-corrected chi connectivity index (χ1v) is 14.4. The van der Waals surface area contributed by atoms with Gasteiger partial charge in [0.2, 0.25) is 5.91 Å². The number of imidazole rings is 1. The van der Waals surface area contributed by atoms with E-state index in [1.807, 2.05) is 97.6 Å². The number of hydrogen-bond donors (Lipinski definition) is 0. The van der Waals surface area contributed by atoms with Crippen molar-refractivity contribution in [3.8, 4) is 28.6 Å². The van der Waals surface area contributed by atoms with Gasteiger partial charge >= 0.3 is 5.69 Å². The zero-order valence-electron chi connectivity index (χ0n) is 23.8. The third-order valence-electron chi connectivity index (χ3n) is 7.59. The van der Waals surface area contributed by atoms with Gasteiger partial charge in [-0.15, -0.1) is 0 Å². The number of para-hydroxylation sites is 1. The van der Waals surface area contributed by atoms with E-state index in [2.05, 4.69) is 4.90 Å². The Morgan fingerprint density at radius 2 is 1.41 bits per heavy atom. The molecule has 1 amide bonds. The number of piperidine rings is 1. The second kappa shape index (κ2) is 13.4. The average Bonchev–Trinajstić information content (AvgIpc) is 3.40. The molecule has 8 nitrogen and oxygen atoms in total. The molecule has 1 aromatic heterocycles. The summed E-state index contributed by atoms with van der Waals surface area (Å²) in [5, 5.41) is 0. The van der Waals surface area contributed by atoms with Crippen molar-refractivity contribution in [3.63, 3.8) is 0 Å². The van der Waals surface area contributed by atoms with Gasteiger partial charge in [-0.2, -0.15) is 0 Å². The molecule has 0 bridgehead atoms. The van der Waals surface area contributed by atoms with Crippen LogP contribution in [0.15, 0.2) is 96.1 Å². The lowest BCUT2D eigenvalue weighted by atomic mass is 9.96. The molecule has 3 aromatic carbocycles. The molecule has 2 heterocycles. The number of rotatable bonds is 11. The minimum absolute atomic E-state index is 0.0779. The molecule has 1 unspecified atom stereocenters. The third kappa shape index (κ3) is 6.89. The zero-order chi connectivity index (χ0) is 28.6. The Hall–Kier alpha value is -4.30. The molecule has 214 valence electrons. The fourth-order valence-electron chi connectivity index (χ4n) is 5.32. The van der Waals surface area contributed by atoms with Crippen LogP contribution in [0.2, 0.25) is 0 Å². The van der Waals surface area contributed by atoms with Crippen molar-refractivity contribution in [1.29, 1.82) is 0 Å². The highest BCUT2D eigenvalue weighted by Gasteiger charge is 2.28. The Labute approximate surface area is 241 Å². The minimum atomic E-state index is -0.158. The maximum absolute atomic E-state index is 13.2. The van der Waals surface area contributed by atoms with Gasteiger partial charge in [0.25, 0.3) is 0 Å². The molecule has 5 rings (SSSR count). The molecule has 1 atom stereocenters. The number of nitrogens with zero attached hydrogens (tertiary/aromatic N) is 4. The highest BCUT2D eigenvalue weighted by molar-refractivity contribution is 5.79. The van der Waals surface area contributed by atoms with Gasteiger partial charge in [0.05, 0.1) is 17.3 Å². The summed E-state index contributed by atoms with van der Waals surface area (Å²) in [7, 11) is 0. The van der Waals surface area contributed by atoms with Crippen LogP contribution in [0.4, 0.5) is 0 Å². The number of ether oxygens (including phenoxy) is 2. The molecule has 41 heavy (non-hydrogen) atoms. The number of benzene rings is 3. The summed E-state index contributed by atoms with van der Waals surface area (Å²) in [5.74, 6) is 2.57. The summed E-state index contributed by atoms with van der Waals surface area (Å²) in [6.07, 6.45) is 5.52. The third-order valence-corrected chi connectivity index (χ3v) is 7.59. The fraction of sp³-hybridized carbons (Fsp3) is 0.333. The molecule has 1 aliphatic heterocycles. The first-order valence-electron chi connectivity index (χ1n) is 14.4. The zero-order valence-corrected chi connectivity index (χ0v) is 23.8. The maximum atomic E-state index is 13.2.